The molecule has 0 amide bonds. The number of rotatable bonds is 6. The highest BCUT2D eigenvalue weighted by Gasteiger charge is 2.38. The zero-order valence-electron chi connectivity index (χ0n) is 10.3. The second-order valence-electron chi connectivity index (χ2n) is 4.82. The number of carbonyl (C=O) groups excluding carboxylic acids is 1. The molecular weight excluding hydrogens is 208 g/mol. The Morgan fingerprint density at radius 3 is 2.62 bits per heavy atom. The first-order valence-corrected chi connectivity index (χ1v) is 5.63. The van der Waals surface area contributed by atoms with E-state index in [1.807, 2.05) is 11.9 Å². The van der Waals surface area contributed by atoms with E-state index >= 15 is 0 Å². The van der Waals surface area contributed by atoms with E-state index in [-0.39, 0.29) is 12.6 Å². The molecule has 1 aliphatic rings. The van der Waals surface area contributed by atoms with Gasteiger partial charge in [0.15, 0.2) is 5.60 Å². The van der Waals surface area contributed by atoms with Gasteiger partial charge in [0, 0.05) is 19.1 Å². The van der Waals surface area contributed by atoms with Crippen LogP contribution in [-0.4, -0.2) is 54.9 Å². The van der Waals surface area contributed by atoms with Crippen molar-refractivity contribution in [2.45, 2.75) is 31.4 Å². The number of nitrogens with two attached hydrogens (primary N) is 1. The van der Waals surface area contributed by atoms with Gasteiger partial charge in [-0.2, -0.15) is 0 Å². The summed E-state index contributed by atoms with van der Waals surface area (Å²) in [6.45, 7) is 2.27. The van der Waals surface area contributed by atoms with Crippen molar-refractivity contribution in [2.24, 2.45) is 11.7 Å². The number of nitrogens with zero attached hydrogens (tertiary/aromatic N) is 1. The van der Waals surface area contributed by atoms with Crippen LogP contribution in [0.1, 0.15) is 19.8 Å². The zero-order chi connectivity index (χ0) is 12.3. The SMILES string of the molecule is COC(=O)C(C)(O)CN(C)C(CN)C1CC1. The summed E-state index contributed by atoms with van der Waals surface area (Å²) in [6.07, 6.45) is 2.37. The van der Waals surface area contributed by atoms with Crippen LogP contribution in [0.3, 0.4) is 0 Å². The second kappa shape index (κ2) is 5.12. The topological polar surface area (TPSA) is 75.8 Å². The predicted octanol–water partition coefficient (Wildman–Crippen LogP) is -0.420. The van der Waals surface area contributed by atoms with Crippen molar-refractivity contribution < 1.29 is 14.6 Å². The molecule has 0 aromatic heterocycles. The Hall–Kier alpha value is -0.650. The van der Waals surface area contributed by atoms with Gasteiger partial charge in [-0.3, -0.25) is 4.90 Å². The van der Waals surface area contributed by atoms with Crippen LogP contribution in [-0.2, 0) is 9.53 Å². The summed E-state index contributed by atoms with van der Waals surface area (Å²) >= 11 is 0. The fourth-order valence-corrected chi connectivity index (χ4v) is 2.10. The summed E-state index contributed by atoms with van der Waals surface area (Å²) in [7, 11) is 3.16. The molecule has 5 nitrogen and oxygen atoms in total. The molecule has 94 valence electrons. The summed E-state index contributed by atoms with van der Waals surface area (Å²) in [4.78, 5) is 13.3. The average Bonchev–Trinajstić information content (AvgIpc) is 3.01. The Kier molecular flexibility index (Phi) is 4.29. The first kappa shape index (κ1) is 13.4. The lowest BCUT2D eigenvalue weighted by atomic mass is 10.0. The Bertz CT molecular complexity index is 252. The second-order valence-corrected chi connectivity index (χ2v) is 4.82. The van der Waals surface area contributed by atoms with E-state index in [4.69, 9.17) is 5.73 Å². The molecule has 2 atom stereocenters. The third-order valence-electron chi connectivity index (χ3n) is 3.16. The highest BCUT2D eigenvalue weighted by Crippen LogP contribution is 2.34. The van der Waals surface area contributed by atoms with E-state index in [1.54, 1.807) is 0 Å². The van der Waals surface area contributed by atoms with E-state index in [1.165, 1.54) is 26.9 Å². The van der Waals surface area contributed by atoms with Gasteiger partial charge in [0.25, 0.3) is 0 Å². The molecule has 0 heterocycles. The molecule has 5 heteroatoms. The molecule has 1 fully saturated rings. The van der Waals surface area contributed by atoms with Crippen molar-refractivity contribution in [1.82, 2.24) is 4.90 Å². The van der Waals surface area contributed by atoms with Crippen molar-refractivity contribution in [2.75, 3.05) is 27.2 Å². The maximum absolute atomic E-state index is 11.3. The fourth-order valence-electron chi connectivity index (χ4n) is 2.10. The molecule has 16 heavy (non-hydrogen) atoms. The predicted molar refractivity (Wildman–Crippen MR) is 60.8 cm³/mol. The number of methoxy groups -OCH3 is 1. The van der Waals surface area contributed by atoms with Gasteiger partial charge in [-0.25, -0.2) is 4.79 Å². The summed E-state index contributed by atoms with van der Waals surface area (Å²) in [6, 6.07) is 0.246. The minimum atomic E-state index is -1.47. The molecule has 0 radical (unpaired) electrons. The maximum Gasteiger partial charge on any atom is 0.338 e. The van der Waals surface area contributed by atoms with E-state index in [9.17, 15) is 9.90 Å². The first-order chi connectivity index (χ1) is 7.42. The molecule has 2 unspecified atom stereocenters. The Balaban J connectivity index is 2.54. The van der Waals surface area contributed by atoms with Crippen LogP contribution < -0.4 is 5.73 Å². The molecule has 1 rings (SSSR count). The molecule has 1 aliphatic carbocycles. The number of ether oxygens (including phenoxy) is 1. The Morgan fingerprint density at radius 1 is 1.69 bits per heavy atom. The first-order valence-electron chi connectivity index (χ1n) is 5.63. The highest BCUT2D eigenvalue weighted by atomic mass is 16.5. The van der Waals surface area contributed by atoms with Crippen LogP contribution in [0.4, 0.5) is 0 Å². The lowest BCUT2D eigenvalue weighted by molar-refractivity contribution is -0.162. The number of hydrogen-bond donors (Lipinski definition) is 2. The van der Waals surface area contributed by atoms with Crippen molar-refractivity contribution in [3.8, 4) is 0 Å². The van der Waals surface area contributed by atoms with Gasteiger partial charge < -0.3 is 15.6 Å². The molecule has 3 N–H and O–H groups in total. The number of hydrogen-bond acceptors (Lipinski definition) is 5. The van der Waals surface area contributed by atoms with Crippen LogP contribution in [0.15, 0.2) is 0 Å². The quantitative estimate of drug-likeness (QED) is 0.606. The van der Waals surface area contributed by atoms with E-state index in [0.717, 1.165) is 0 Å². The minimum absolute atomic E-state index is 0.246. The lowest BCUT2D eigenvalue weighted by Gasteiger charge is -2.32. The van der Waals surface area contributed by atoms with Gasteiger partial charge in [-0.1, -0.05) is 0 Å². The molecule has 0 bridgehead atoms. The van der Waals surface area contributed by atoms with Gasteiger partial charge in [-0.05, 0) is 32.7 Å². The van der Waals surface area contributed by atoms with E-state index in [2.05, 4.69) is 4.74 Å². The van der Waals surface area contributed by atoms with Gasteiger partial charge in [0.1, 0.15) is 0 Å². The number of esters is 1. The molecule has 0 spiro atoms. The summed E-state index contributed by atoms with van der Waals surface area (Å²) in [5.41, 5.74) is 4.24. The number of carbonyl (C=O) groups is 1. The fraction of sp³-hybridized carbons (Fsp3) is 0.909. The van der Waals surface area contributed by atoms with Crippen LogP contribution in [0, 0.1) is 5.92 Å². The summed E-state index contributed by atoms with van der Waals surface area (Å²) < 4.78 is 4.56. The summed E-state index contributed by atoms with van der Waals surface area (Å²) in [5.74, 6) is 0.00867. The standard InChI is InChI=1S/C11H22N2O3/c1-11(15,10(14)16-3)7-13(2)9(6-12)8-4-5-8/h8-9,15H,4-7,12H2,1-3H3. The van der Waals surface area contributed by atoms with Crippen LogP contribution in [0.2, 0.25) is 0 Å². The van der Waals surface area contributed by atoms with Gasteiger partial charge in [0.2, 0.25) is 0 Å². The van der Waals surface area contributed by atoms with Crippen molar-refractivity contribution in [1.29, 1.82) is 0 Å². The average molecular weight is 230 g/mol. The van der Waals surface area contributed by atoms with Crippen molar-refractivity contribution >= 4 is 5.97 Å². The molecular formula is C11H22N2O3. The summed E-state index contributed by atoms with van der Waals surface area (Å²) in [5, 5.41) is 9.94. The lowest BCUT2D eigenvalue weighted by Crippen LogP contribution is -2.51. The van der Waals surface area contributed by atoms with Crippen molar-refractivity contribution in [3.63, 3.8) is 0 Å². The maximum atomic E-state index is 11.3. The van der Waals surface area contributed by atoms with Crippen LogP contribution in [0.5, 0.6) is 0 Å². The monoisotopic (exact) mass is 230 g/mol. The van der Waals surface area contributed by atoms with Crippen molar-refractivity contribution in [3.05, 3.63) is 0 Å². The normalized spacial score (nSPS) is 21.6. The highest BCUT2D eigenvalue weighted by molar-refractivity contribution is 5.78. The molecule has 0 aromatic rings. The van der Waals surface area contributed by atoms with Gasteiger partial charge in [0.05, 0.1) is 7.11 Å². The van der Waals surface area contributed by atoms with E-state index in [0.29, 0.717) is 12.5 Å². The van der Waals surface area contributed by atoms with Crippen LogP contribution >= 0.6 is 0 Å². The molecule has 0 aliphatic heterocycles. The van der Waals surface area contributed by atoms with E-state index < -0.39 is 11.6 Å². The number of likely N-dealkylation sites (N-methyl/N-ethyl adjacent to an activating group) is 1. The smallest absolute Gasteiger partial charge is 0.338 e. The Morgan fingerprint density at radius 2 is 2.25 bits per heavy atom. The Labute approximate surface area is 96.6 Å². The van der Waals surface area contributed by atoms with Gasteiger partial charge >= 0.3 is 5.97 Å². The zero-order valence-corrected chi connectivity index (χ0v) is 10.3. The molecule has 0 saturated heterocycles. The van der Waals surface area contributed by atoms with Gasteiger partial charge in [-0.15, -0.1) is 0 Å². The molecule has 1 saturated carbocycles. The number of aliphatic hydroxyl groups is 1. The molecule has 0 aromatic carbocycles. The third-order valence-corrected chi connectivity index (χ3v) is 3.16. The van der Waals surface area contributed by atoms with Crippen LogP contribution in [0.25, 0.3) is 0 Å². The minimum Gasteiger partial charge on any atom is -0.467 e. The largest absolute Gasteiger partial charge is 0.467 e. The third kappa shape index (κ3) is 3.17.